The number of benzene rings is 2. The first kappa shape index (κ1) is 19.2. The second-order valence-electron chi connectivity index (χ2n) is 6.46. The smallest absolute Gasteiger partial charge is 0.318 e. The van der Waals surface area contributed by atoms with Crippen molar-refractivity contribution in [2.45, 2.75) is 19.0 Å². The molecule has 3 amide bonds. The SMILES string of the molecule is O=C(N[C@H]1CC(=O)N(c2ccc(Cl)cc2)C1)N(CCO)Cc1ccccc1. The molecule has 3 rings (SSSR count). The average molecular weight is 388 g/mol. The molecule has 0 radical (unpaired) electrons. The van der Waals surface area contributed by atoms with Crippen molar-refractivity contribution in [3.05, 3.63) is 65.2 Å². The quantitative estimate of drug-likeness (QED) is 0.800. The number of carbonyl (C=O) groups is 2. The predicted molar refractivity (Wildman–Crippen MR) is 105 cm³/mol. The normalized spacial score (nSPS) is 16.4. The molecule has 1 heterocycles. The Balaban J connectivity index is 1.62. The van der Waals surface area contributed by atoms with Gasteiger partial charge in [-0.05, 0) is 29.8 Å². The third-order valence-electron chi connectivity index (χ3n) is 4.46. The Hall–Kier alpha value is -2.57. The summed E-state index contributed by atoms with van der Waals surface area (Å²) in [4.78, 5) is 28.2. The Bertz CT molecular complexity index is 783. The first-order valence-electron chi connectivity index (χ1n) is 8.83. The molecule has 1 aliphatic heterocycles. The van der Waals surface area contributed by atoms with Crippen molar-refractivity contribution in [3.63, 3.8) is 0 Å². The summed E-state index contributed by atoms with van der Waals surface area (Å²) in [5, 5.41) is 12.8. The molecule has 0 aromatic heterocycles. The molecule has 2 aromatic rings. The van der Waals surface area contributed by atoms with Crippen molar-refractivity contribution in [1.82, 2.24) is 10.2 Å². The van der Waals surface area contributed by atoms with Gasteiger partial charge in [-0.1, -0.05) is 41.9 Å². The van der Waals surface area contributed by atoms with Crippen LogP contribution in [0.5, 0.6) is 0 Å². The highest BCUT2D eigenvalue weighted by Crippen LogP contribution is 2.23. The summed E-state index contributed by atoms with van der Waals surface area (Å²) in [6, 6.07) is 16.1. The van der Waals surface area contributed by atoms with Gasteiger partial charge in [-0.2, -0.15) is 0 Å². The average Bonchev–Trinajstić information content (AvgIpc) is 3.03. The van der Waals surface area contributed by atoms with E-state index in [-0.39, 0.29) is 37.6 Å². The van der Waals surface area contributed by atoms with Crippen LogP contribution in [0.25, 0.3) is 0 Å². The van der Waals surface area contributed by atoms with Gasteiger partial charge in [0.1, 0.15) is 0 Å². The first-order valence-corrected chi connectivity index (χ1v) is 9.21. The van der Waals surface area contributed by atoms with Crippen LogP contribution >= 0.6 is 11.6 Å². The van der Waals surface area contributed by atoms with Crippen LogP contribution in [0.3, 0.4) is 0 Å². The molecule has 1 aliphatic rings. The number of halogens is 1. The van der Waals surface area contributed by atoms with Gasteiger partial charge < -0.3 is 20.2 Å². The molecule has 0 spiro atoms. The van der Waals surface area contributed by atoms with Gasteiger partial charge in [-0.15, -0.1) is 0 Å². The van der Waals surface area contributed by atoms with Gasteiger partial charge in [0, 0.05) is 36.8 Å². The lowest BCUT2D eigenvalue weighted by atomic mass is 10.2. The summed E-state index contributed by atoms with van der Waals surface area (Å²) >= 11 is 5.90. The van der Waals surface area contributed by atoms with Crippen LogP contribution in [-0.4, -0.2) is 47.7 Å². The lowest BCUT2D eigenvalue weighted by Gasteiger charge is -2.24. The van der Waals surface area contributed by atoms with Crippen molar-refractivity contribution in [2.75, 3.05) is 24.6 Å². The van der Waals surface area contributed by atoms with Crippen LogP contribution in [0.15, 0.2) is 54.6 Å². The molecule has 0 bridgehead atoms. The molecule has 1 saturated heterocycles. The lowest BCUT2D eigenvalue weighted by molar-refractivity contribution is -0.117. The minimum absolute atomic E-state index is 0.0422. The number of nitrogens with one attached hydrogen (secondary N) is 1. The van der Waals surface area contributed by atoms with E-state index < -0.39 is 0 Å². The third-order valence-corrected chi connectivity index (χ3v) is 4.72. The highest BCUT2D eigenvalue weighted by molar-refractivity contribution is 6.30. The van der Waals surface area contributed by atoms with E-state index in [2.05, 4.69) is 5.32 Å². The number of rotatable bonds is 6. The van der Waals surface area contributed by atoms with Crippen molar-refractivity contribution in [1.29, 1.82) is 0 Å². The monoisotopic (exact) mass is 387 g/mol. The topological polar surface area (TPSA) is 72.9 Å². The third kappa shape index (κ3) is 4.99. The molecule has 6 nitrogen and oxygen atoms in total. The summed E-state index contributed by atoms with van der Waals surface area (Å²) in [7, 11) is 0. The van der Waals surface area contributed by atoms with Gasteiger partial charge in [0.15, 0.2) is 0 Å². The molecule has 1 atom stereocenters. The number of amides is 3. The molecule has 142 valence electrons. The van der Waals surface area contributed by atoms with Gasteiger partial charge in [-0.25, -0.2) is 4.79 Å². The molecule has 2 N–H and O–H groups in total. The second kappa shape index (κ2) is 8.88. The van der Waals surface area contributed by atoms with Crippen molar-refractivity contribution in [2.24, 2.45) is 0 Å². The minimum Gasteiger partial charge on any atom is -0.395 e. The van der Waals surface area contributed by atoms with Crippen molar-refractivity contribution >= 4 is 29.2 Å². The van der Waals surface area contributed by atoms with E-state index >= 15 is 0 Å². The van der Waals surface area contributed by atoms with Crippen LogP contribution in [0, 0.1) is 0 Å². The molecule has 2 aromatic carbocycles. The van der Waals surface area contributed by atoms with Gasteiger partial charge in [0.25, 0.3) is 0 Å². The number of carbonyl (C=O) groups excluding carboxylic acids is 2. The van der Waals surface area contributed by atoms with E-state index in [4.69, 9.17) is 11.6 Å². The van der Waals surface area contributed by atoms with E-state index in [0.29, 0.717) is 18.1 Å². The maximum Gasteiger partial charge on any atom is 0.318 e. The molecule has 7 heteroatoms. The molecular weight excluding hydrogens is 366 g/mol. The fourth-order valence-corrected chi connectivity index (χ4v) is 3.24. The summed E-state index contributed by atoms with van der Waals surface area (Å²) in [5.74, 6) is -0.0422. The molecule has 1 fully saturated rings. The molecule has 0 aliphatic carbocycles. The zero-order valence-corrected chi connectivity index (χ0v) is 15.6. The summed E-state index contributed by atoms with van der Waals surface area (Å²) in [6.45, 7) is 0.905. The van der Waals surface area contributed by atoms with E-state index in [9.17, 15) is 14.7 Å². The van der Waals surface area contributed by atoms with Gasteiger partial charge in [0.2, 0.25) is 5.91 Å². The number of aliphatic hydroxyl groups is 1. The standard InChI is InChI=1S/C20H22ClN3O3/c21-16-6-8-18(9-7-16)24-14-17(12-19(24)26)22-20(27)23(10-11-25)13-15-4-2-1-3-5-15/h1-9,17,25H,10-14H2,(H,22,27)/t17-/m0/s1. The number of urea groups is 1. The number of aliphatic hydroxyl groups excluding tert-OH is 1. The van der Waals surface area contributed by atoms with E-state index in [1.165, 1.54) is 0 Å². The zero-order chi connectivity index (χ0) is 19.2. The molecular formula is C20H22ClN3O3. The Morgan fingerprint density at radius 2 is 1.89 bits per heavy atom. The van der Waals surface area contributed by atoms with Crippen molar-refractivity contribution < 1.29 is 14.7 Å². The van der Waals surface area contributed by atoms with E-state index in [1.807, 2.05) is 30.3 Å². The zero-order valence-electron chi connectivity index (χ0n) is 14.8. The number of hydrogen-bond acceptors (Lipinski definition) is 3. The highest BCUT2D eigenvalue weighted by atomic mass is 35.5. The van der Waals surface area contributed by atoms with Gasteiger partial charge >= 0.3 is 6.03 Å². The van der Waals surface area contributed by atoms with Crippen LogP contribution in [0.4, 0.5) is 10.5 Å². The van der Waals surface area contributed by atoms with Gasteiger partial charge in [-0.3, -0.25) is 4.79 Å². The Morgan fingerprint density at radius 3 is 2.56 bits per heavy atom. The summed E-state index contributed by atoms with van der Waals surface area (Å²) < 4.78 is 0. The van der Waals surface area contributed by atoms with E-state index in [0.717, 1.165) is 11.3 Å². The lowest BCUT2D eigenvalue weighted by Crippen LogP contribution is -2.46. The molecule has 27 heavy (non-hydrogen) atoms. The maximum atomic E-state index is 12.6. The number of hydrogen-bond donors (Lipinski definition) is 2. The first-order chi connectivity index (χ1) is 13.1. The largest absolute Gasteiger partial charge is 0.395 e. The van der Waals surface area contributed by atoms with Crippen LogP contribution < -0.4 is 10.2 Å². The number of nitrogens with zero attached hydrogens (tertiary/aromatic N) is 2. The van der Waals surface area contributed by atoms with E-state index in [1.54, 1.807) is 34.1 Å². The Kier molecular flexibility index (Phi) is 6.32. The second-order valence-corrected chi connectivity index (χ2v) is 6.90. The highest BCUT2D eigenvalue weighted by Gasteiger charge is 2.32. The summed E-state index contributed by atoms with van der Waals surface area (Å²) in [6.07, 6.45) is 0.243. The maximum absolute atomic E-state index is 12.6. The fraction of sp³-hybridized carbons (Fsp3) is 0.300. The van der Waals surface area contributed by atoms with Crippen LogP contribution in [0.2, 0.25) is 5.02 Å². The predicted octanol–water partition coefficient (Wildman–Crippen LogP) is 2.65. The minimum atomic E-state index is -0.288. The molecule has 0 saturated carbocycles. The van der Waals surface area contributed by atoms with Crippen molar-refractivity contribution in [3.8, 4) is 0 Å². The van der Waals surface area contributed by atoms with Crippen LogP contribution in [-0.2, 0) is 11.3 Å². The summed E-state index contributed by atoms with van der Waals surface area (Å²) in [5.41, 5.74) is 1.74. The molecule has 0 unspecified atom stereocenters. The van der Waals surface area contributed by atoms with Gasteiger partial charge in [0.05, 0.1) is 12.6 Å². The van der Waals surface area contributed by atoms with Crippen LogP contribution in [0.1, 0.15) is 12.0 Å². The Morgan fingerprint density at radius 1 is 1.19 bits per heavy atom. The Labute approximate surface area is 163 Å². The fourth-order valence-electron chi connectivity index (χ4n) is 3.12. The number of anilines is 1.